The Morgan fingerprint density at radius 1 is 0.966 bits per heavy atom. The summed E-state index contributed by atoms with van der Waals surface area (Å²) in [6.07, 6.45) is 1.01. The number of rotatable bonds is 4. The van der Waals surface area contributed by atoms with Crippen molar-refractivity contribution in [3.8, 4) is 11.3 Å². The highest BCUT2D eigenvalue weighted by Crippen LogP contribution is 2.20. The molecule has 0 saturated carbocycles. The van der Waals surface area contributed by atoms with Gasteiger partial charge in [-0.15, -0.1) is 10.2 Å². The lowest BCUT2D eigenvalue weighted by Crippen LogP contribution is -2.49. The third kappa shape index (κ3) is 4.26. The van der Waals surface area contributed by atoms with Gasteiger partial charge in [0.15, 0.2) is 5.82 Å². The van der Waals surface area contributed by atoms with Crippen molar-refractivity contribution in [2.45, 2.75) is 13.3 Å². The summed E-state index contributed by atoms with van der Waals surface area (Å²) >= 11 is 0. The second-order valence-corrected chi connectivity index (χ2v) is 7.12. The first-order valence-corrected chi connectivity index (χ1v) is 9.87. The second-order valence-electron chi connectivity index (χ2n) is 7.12. The number of hydrogen-bond acceptors (Lipinski definition) is 4. The van der Waals surface area contributed by atoms with Crippen molar-refractivity contribution >= 4 is 11.7 Å². The highest BCUT2D eigenvalue weighted by molar-refractivity contribution is 5.94. The van der Waals surface area contributed by atoms with Gasteiger partial charge in [0.05, 0.1) is 5.69 Å². The maximum absolute atomic E-state index is 13.4. The first kappa shape index (κ1) is 19.1. The molecule has 0 aliphatic carbocycles. The minimum atomic E-state index is -0.394. The van der Waals surface area contributed by atoms with Crippen molar-refractivity contribution in [1.82, 2.24) is 15.1 Å². The highest BCUT2D eigenvalue weighted by Gasteiger charge is 2.23. The molecule has 1 aliphatic rings. The van der Waals surface area contributed by atoms with Crippen molar-refractivity contribution < 1.29 is 9.18 Å². The first-order chi connectivity index (χ1) is 14.1. The first-order valence-electron chi connectivity index (χ1n) is 9.87. The summed E-state index contributed by atoms with van der Waals surface area (Å²) in [5.41, 5.74) is 3.57. The van der Waals surface area contributed by atoms with Gasteiger partial charge in [0.25, 0.3) is 5.91 Å². The number of carbonyl (C=O) groups is 1. The number of nitrogens with zero attached hydrogens (tertiary/aromatic N) is 4. The van der Waals surface area contributed by atoms with Gasteiger partial charge in [0, 0.05) is 37.3 Å². The molecule has 5 nitrogen and oxygen atoms in total. The highest BCUT2D eigenvalue weighted by atomic mass is 19.1. The molecule has 4 rings (SSSR count). The van der Waals surface area contributed by atoms with Crippen LogP contribution in [0.25, 0.3) is 11.3 Å². The van der Waals surface area contributed by atoms with E-state index in [4.69, 9.17) is 0 Å². The topological polar surface area (TPSA) is 49.3 Å². The fraction of sp³-hybridized carbons (Fsp3) is 0.261. The number of carbonyl (C=O) groups excluding carboxylic acids is 1. The van der Waals surface area contributed by atoms with E-state index in [0.29, 0.717) is 31.7 Å². The van der Waals surface area contributed by atoms with Crippen molar-refractivity contribution in [2.24, 2.45) is 0 Å². The van der Waals surface area contributed by atoms with Crippen LogP contribution in [0.15, 0.2) is 60.7 Å². The molecule has 0 spiro atoms. The van der Waals surface area contributed by atoms with E-state index >= 15 is 0 Å². The molecule has 0 atom stereocenters. The van der Waals surface area contributed by atoms with Crippen LogP contribution in [0.5, 0.6) is 0 Å². The maximum Gasteiger partial charge on any atom is 0.254 e. The average molecular weight is 390 g/mol. The summed E-state index contributed by atoms with van der Waals surface area (Å²) in [6.45, 7) is 4.60. The number of piperazine rings is 1. The Morgan fingerprint density at radius 3 is 2.34 bits per heavy atom. The number of halogens is 1. The van der Waals surface area contributed by atoms with E-state index in [9.17, 15) is 9.18 Å². The number of aryl methyl sites for hydroxylation is 1. The van der Waals surface area contributed by atoms with Crippen molar-refractivity contribution in [1.29, 1.82) is 0 Å². The summed E-state index contributed by atoms with van der Waals surface area (Å²) in [5.74, 6) is 0.270. The van der Waals surface area contributed by atoms with Crippen LogP contribution in [-0.4, -0.2) is 47.2 Å². The number of aromatic nitrogens is 2. The van der Waals surface area contributed by atoms with Crippen molar-refractivity contribution in [3.05, 3.63) is 77.6 Å². The Kier molecular flexibility index (Phi) is 5.51. The molecule has 2 heterocycles. The van der Waals surface area contributed by atoms with Crippen LogP contribution in [0.1, 0.15) is 22.8 Å². The lowest BCUT2D eigenvalue weighted by molar-refractivity contribution is 0.0746. The van der Waals surface area contributed by atoms with Gasteiger partial charge < -0.3 is 9.80 Å². The quantitative estimate of drug-likeness (QED) is 0.680. The molecule has 2 aromatic carbocycles. The van der Waals surface area contributed by atoms with Crippen LogP contribution in [0, 0.1) is 5.82 Å². The zero-order valence-corrected chi connectivity index (χ0v) is 16.4. The molecule has 0 radical (unpaired) electrons. The fourth-order valence-electron chi connectivity index (χ4n) is 3.50. The van der Waals surface area contributed by atoms with Gasteiger partial charge in [-0.05, 0) is 42.3 Å². The second kappa shape index (κ2) is 8.39. The summed E-state index contributed by atoms with van der Waals surface area (Å²) < 4.78 is 13.4. The van der Waals surface area contributed by atoms with Crippen LogP contribution in [0.4, 0.5) is 10.2 Å². The number of amides is 1. The van der Waals surface area contributed by atoms with Crippen molar-refractivity contribution in [3.63, 3.8) is 0 Å². The average Bonchev–Trinajstić information content (AvgIpc) is 2.79. The summed E-state index contributed by atoms with van der Waals surface area (Å²) in [4.78, 5) is 16.4. The minimum absolute atomic E-state index is 0.138. The van der Waals surface area contributed by atoms with E-state index in [1.165, 1.54) is 17.7 Å². The van der Waals surface area contributed by atoms with Gasteiger partial charge >= 0.3 is 0 Å². The predicted molar refractivity (Wildman–Crippen MR) is 111 cm³/mol. The van der Waals surface area contributed by atoms with Crippen molar-refractivity contribution in [2.75, 3.05) is 31.1 Å². The SMILES string of the molecule is CCc1ccc(-c2ccc(N3CCN(C(=O)c4cccc(F)c4)CC3)nn2)cc1. The normalized spacial score (nSPS) is 14.1. The Labute approximate surface area is 169 Å². The van der Waals surface area contributed by atoms with E-state index in [1.54, 1.807) is 17.0 Å². The molecule has 1 aromatic heterocycles. The molecule has 148 valence electrons. The maximum atomic E-state index is 13.4. The summed E-state index contributed by atoms with van der Waals surface area (Å²) in [5, 5.41) is 8.76. The van der Waals surface area contributed by atoms with E-state index in [2.05, 4.69) is 46.3 Å². The summed E-state index contributed by atoms with van der Waals surface area (Å²) in [7, 11) is 0. The van der Waals surface area contributed by atoms with Gasteiger partial charge in [-0.2, -0.15) is 0 Å². The van der Waals surface area contributed by atoms with Crippen LogP contribution in [0.2, 0.25) is 0 Å². The van der Waals surface area contributed by atoms with Crippen LogP contribution < -0.4 is 4.90 Å². The molecule has 0 bridgehead atoms. The Hall–Kier alpha value is -3.28. The van der Waals surface area contributed by atoms with Gasteiger partial charge in [0.1, 0.15) is 5.82 Å². The van der Waals surface area contributed by atoms with Gasteiger partial charge in [-0.25, -0.2) is 4.39 Å². The smallest absolute Gasteiger partial charge is 0.254 e. The van der Waals surface area contributed by atoms with Crippen LogP contribution in [0.3, 0.4) is 0 Å². The molecule has 1 aliphatic heterocycles. The third-order valence-corrected chi connectivity index (χ3v) is 5.27. The zero-order valence-electron chi connectivity index (χ0n) is 16.4. The lowest BCUT2D eigenvalue weighted by Gasteiger charge is -2.35. The Morgan fingerprint density at radius 2 is 1.72 bits per heavy atom. The Bertz CT molecular complexity index is 981. The number of benzene rings is 2. The third-order valence-electron chi connectivity index (χ3n) is 5.27. The zero-order chi connectivity index (χ0) is 20.2. The van der Waals surface area contributed by atoms with Crippen LogP contribution >= 0.6 is 0 Å². The van der Waals surface area contributed by atoms with Crippen LogP contribution in [-0.2, 0) is 6.42 Å². The lowest BCUT2D eigenvalue weighted by atomic mass is 10.1. The predicted octanol–water partition coefficient (Wildman–Crippen LogP) is 3.81. The van der Waals surface area contributed by atoms with E-state index in [1.807, 2.05) is 12.1 Å². The molecular weight excluding hydrogens is 367 g/mol. The van der Waals surface area contributed by atoms with Gasteiger partial charge in [0.2, 0.25) is 0 Å². The standard InChI is InChI=1S/C23H23FN4O/c1-2-17-6-8-18(9-7-17)21-10-11-22(26-25-21)27-12-14-28(15-13-27)23(29)19-4-3-5-20(24)16-19/h3-11,16H,2,12-15H2,1H3. The minimum Gasteiger partial charge on any atom is -0.352 e. The monoisotopic (exact) mass is 390 g/mol. The van der Waals surface area contributed by atoms with E-state index in [-0.39, 0.29) is 5.91 Å². The molecule has 0 N–H and O–H groups in total. The van der Waals surface area contributed by atoms with Gasteiger partial charge in [-0.3, -0.25) is 4.79 Å². The molecular formula is C23H23FN4O. The molecule has 1 fully saturated rings. The molecule has 29 heavy (non-hydrogen) atoms. The number of hydrogen-bond donors (Lipinski definition) is 0. The van der Waals surface area contributed by atoms with E-state index < -0.39 is 5.82 Å². The molecule has 1 amide bonds. The fourth-order valence-corrected chi connectivity index (χ4v) is 3.50. The van der Waals surface area contributed by atoms with E-state index in [0.717, 1.165) is 23.5 Å². The molecule has 6 heteroatoms. The van der Waals surface area contributed by atoms with Gasteiger partial charge in [-0.1, -0.05) is 37.3 Å². The largest absolute Gasteiger partial charge is 0.352 e. The number of anilines is 1. The molecule has 3 aromatic rings. The molecule has 1 saturated heterocycles. The molecule has 0 unspecified atom stereocenters. The Balaban J connectivity index is 1.38. The summed E-state index contributed by atoms with van der Waals surface area (Å²) in [6, 6.07) is 18.1.